The van der Waals surface area contributed by atoms with E-state index in [0.717, 1.165) is 16.9 Å². The molecule has 0 spiro atoms. The van der Waals surface area contributed by atoms with Crippen molar-refractivity contribution < 1.29 is 14.2 Å². The van der Waals surface area contributed by atoms with E-state index in [2.05, 4.69) is 9.88 Å². The summed E-state index contributed by atoms with van der Waals surface area (Å²) in [4.78, 5) is 6.03. The maximum atomic E-state index is 13.3. The second-order valence-electron chi connectivity index (χ2n) is 5.62. The highest BCUT2D eigenvalue weighted by atomic mass is 19.1. The van der Waals surface area contributed by atoms with E-state index in [0.29, 0.717) is 19.5 Å². The Kier molecular flexibility index (Phi) is 4.36. The Labute approximate surface area is 129 Å². The average Bonchev–Trinajstić information content (AvgIpc) is 2.88. The number of benzene rings is 1. The van der Waals surface area contributed by atoms with Crippen LogP contribution in [0.5, 0.6) is 5.75 Å². The van der Waals surface area contributed by atoms with E-state index in [4.69, 9.17) is 4.74 Å². The highest BCUT2D eigenvalue weighted by Gasteiger charge is 2.32. The second kappa shape index (κ2) is 6.42. The summed E-state index contributed by atoms with van der Waals surface area (Å²) in [5, 5.41) is 10.0. The smallest absolute Gasteiger partial charge is 0.141 e. The van der Waals surface area contributed by atoms with Crippen molar-refractivity contribution in [1.29, 1.82) is 0 Å². The minimum Gasteiger partial charge on any atom is -0.497 e. The van der Waals surface area contributed by atoms with E-state index >= 15 is 0 Å². The molecule has 2 aromatic rings. The number of hydrogen-bond donors (Lipinski definition) is 1. The van der Waals surface area contributed by atoms with Crippen LogP contribution in [0.1, 0.15) is 23.6 Å². The molecule has 4 nitrogen and oxygen atoms in total. The molecule has 0 radical (unpaired) electrons. The molecule has 116 valence electrons. The van der Waals surface area contributed by atoms with Crippen molar-refractivity contribution in [2.24, 2.45) is 0 Å². The standard InChI is InChI=1S/C17H19FN2O2/c1-22-16-4-2-3-13(6-16)17-7-15(21)11-20(17)10-12-5-14(18)9-19-8-12/h2-6,8-9,15,17,21H,7,10-11H2,1H3/t15-,17-/m1/s1. The van der Waals surface area contributed by atoms with Gasteiger partial charge in [-0.05, 0) is 35.7 Å². The molecule has 1 aliphatic rings. The molecular weight excluding hydrogens is 283 g/mol. The van der Waals surface area contributed by atoms with Crippen LogP contribution in [0.4, 0.5) is 4.39 Å². The van der Waals surface area contributed by atoms with Crippen molar-refractivity contribution in [3.05, 3.63) is 59.7 Å². The Morgan fingerprint density at radius 3 is 3.00 bits per heavy atom. The first-order valence-corrected chi connectivity index (χ1v) is 7.31. The molecule has 5 heteroatoms. The number of ether oxygens (including phenoxy) is 1. The van der Waals surface area contributed by atoms with Gasteiger partial charge in [0.2, 0.25) is 0 Å². The van der Waals surface area contributed by atoms with Crippen molar-refractivity contribution in [2.75, 3.05) is 13.7 Å². The topological polar surface area (TPSA) is 45.6 Å². The van der Waals surface area contributed by atoms with Crippen LogP contribution in [0.15, 0.2) is 42.7 Å². The predicted molar refractivity (Wildman–Crippen MR) is 81.0 cm³/mol. The molecule has 1 N–H and O–H groups in total. The summed E-state index contributed by atoms with van der Waals surface area (Å²) < 4.78 is 18.6. The minimum absolute atomic E-state index is 0.0911. The zero-order valence-corrected chi connectivity index (χ0v) is 12.4. The van der Waals surface area contributed by atoms with Gasteiger partial charge in [0.1, 0.15) is 11.6 Å². The number of halogens is 1. The summed E-state index contributed by atoms with van der Waals surface area (Å²) in [5.41, 5.74) is 1.90. The van der Waals surface area contributed by atoms with Crippen LogP contribution in [0.25, 0.3) is 0 Å². The SMILES string of the molecule is COc1cccc([C@H]2C[C@@H](O)CN2Cc2cncc(F)c2)c1. The number of aliphatic hydroxyl groups is 1. The second-order valence-corrected chi connectivity index (χ2v) is 5.62. The van der Waals surface area contributed by atoms with Gasteiger partial charge in [0.15, 0.2) is 0 Å². The van der Waals surface area contributed by atoms with Crippen molar-refractivity contribution in [2.45, 2.75) is 25.1 Å². The molecule has 1 aromatic heterocycles. The van der Waals surface area contributed by atoms with Crippen molar-refractivity contribution >= 4 is 0 Å². The highest BCUT2D eigenvalue weighted by molar-refractivity contribution is 5.31. The van der Waals surface area contributed by atoms with Gasteiger partial charge in [-0.15, -0.1) is 0 Å². The van der Waals surface area contributed by atoms with E-state index in [1.807, 2.05) is 24.3 Å². The molecule has 0 aliphatic carbocycles. The quantitative estimate of drug-likeness (QED) is 0.943. The number of likely N-dealkylation sites (tertiary alicyclic amines) is 1. The summed E-state index contributed by atoms with van der Waals surface area (Å²) in [6.45, 7) is 1.13. The maximum absolute atomic E-state index is 13.3. The third kappa shape index (κ3) is 3.26. The molecule has 1 aliphatic heterocycles. The number of aliphatic hydroxyl groups excluding tert-OH is 1. The lowest BCUT2D eigenvalue weighted by Crippen LogP contribution is -2.24. The first-order valence-electron chi connectivity index (χ1n) is 7.31. The van der Waals surface area contributed by atoms with Crippen LogP contribution in [-0.4, -0.2) is 34.7 Å². The van der Waals surface area contributed by atoms with Gasteiger partial charge in [-0.25, -0.2) is 4.39 Å². The van der Waals surface area contributed by atoms with Crippen LogP contribution in [0, 0.1) is 5.82 Å². The summed E-state index contributed by atoms with van der Waals surface area (Å²) >= 11 is 0. The molecular formula is C17H19FN2O2. The first-order chi connectivity index (χ1) is 10.7. The van der Waals surface area contributed by atoms with E-state index in [1.165, 1.54) is 12.3 Å². The van der Waals surface area contributed by atoms with Gasteiger partial charge in [0.05, 0.1) is 19.4 Å². The fourth-order valence-electron chi connectivity index (χ4n) is 3.03. The Hall–Kier alpha value is -1.98. The van der Waals surface area contributed by atoms with Crippen LogP contribution < -0.4 is 4.74 Å². The van der Waals surface area contributed by atoms with E-state index in [1.54, 1.807) is 13.3 Å². The minimum atomic E-state index is -0.377. The van der Waals surface area contributed by atoms with Gasteiger partial charge in [-0.1, -0.05) is 12.1 Å². The number of pyridine rings is 1. The molecule has 1 aromatic carbocycles. The number of nitrogens with zero attached hydrogens (tertiary/aromatic N) is 2. The number of β-amino-alcohol motifs (C(OH)–C–C–N with tert-alkyl or cyclic N) is 1. The zero-order chi connectivity index (χ0) is 15.5. The monoisotopic (exact) mass is 302 g/mol. The summed E-state index contributed by atoms with van der Waals surface area (Å²) in [6.07, 6.45) is 3.14. The van der Waals surface area contributed by atoms with Crippen molar-refractivity contribution in [3.8, 4) is 5.75 Å². The third-order valence-corrected chi connectivity index (χ3v) is 4.01. The van der Waals surface area contributed by atoms with Gasteiger partial charge >= 0.3 is 0 Å². The van der Waals surface area contributed by atoms with E-state index < -0.39 is 0 Å². The number of methoxy groups -OCH3 is 1. The zero-order valence-electron chi connectivity index (χ0n) is 12.4. The third-order valence-electron chi connectivity index (χ3n) is 4.01. The van der Waals surface area contributed by atoms with Crippen molar-refractivity contribution in [1.82, 2.24) is 9.88 Å². The van der Waals surface area contributed by atoms with E-state index in [-0.39, 0.29) is 18.0 Å². The average molecular weight is 302 g/mol. The molecule has 1 saturated heterocycles. The number of hydrogen-bond acceptors (Lipinski definition) is 4. The Bertz CT molecular complexity index is 650. The van der Waals surface area contributed by atoms with E-state index in [9.17, 15) is 9.50 Å². The molecule has 0 amide bonds. The molecule has 2 heterocycles. The van der Waals surface area contributed by atoms with Crippen LogP contribution in [-0.2, 0) is 6.54 Å². The highest BCUT2D eigenvalue weighted by Crippen LogP contribution is 2.34. The summed E-state index contributed by atoms with van der Waals surface area (Å²) in [7, 11) is 1.64. The number of rotatable bonds is 4. The maximum Gasteiger partial charge on any atom is 0.141 e. The Morgan fingerprint density at radius 1 is 1.36 bits per heavy atom. The molecule has 2 atom stereocenters. The van der Waals surface area contributed by atoms with Gasteiger partial charge in [-0.2, -0.15) is 0 Å². The fraction of sp³-hybridized carbons (Fsp3) is 0.353. The fourth-order valence-corrected chi connectivity index (χ4v) is 3.03. The molecule has 0 unspecified atom stereocenters. The van der Waals surface area contributed by atoms with Crippen LogP contribution in [0.2, 0.25) is 0 Å². The lowest BCUT2D eigenvalue weighted by molar-refractivity contribution is 0.172. The summed E-state index contributed by atoms with van der Waals surface area (Å²) in [6, 6.07) is 9.44. The molecule has 0 bridgehead atoms. The molecule has 3 rings (SSSR count). The van der Waals surface area contributed by atoms with Gasteiger partial charge in [0, 0.05) is 25.3 Å². The lowest BCUT2D eigenvalue weighted by atomic mass is 10.0. The predicted octanol–water partition coefficient (Wildman–Crippen LogP) is 2.54. The van der Waals surface area contributed by atoms with Gasteiger partial charge < -0.3 is 9.84 Å². The Morgan fingerprint density at radius 2 is 2.23 bits per heavy atom. The van der Waals surface area contributed by atoms with Gasteiger partial charge in [-0.3, -0.25) is 9.88 Å². The Balaban J connectivity index is 1.82. The largest absolute Gasteiger partial charge is 0.497 e. The van der Waals surface area contributed by atoms with Gasteiger partial charge in [0.25, 0.3) is 0 Å². The lowest BCUT2D eigenvalue weighted by Gasteiger charge is -2.24. The van der Waals surface area contributed by atoms with Crippen molar-refractivity contribution in [3.63, 3.8) is 0 Å². The summed E-state index contributed by atoms with van der Waals surface area (Å²) in [5.74, 6) is 0.460. The first kappa shape index (κ1) is 14.9. The molecule has 22 heavy (non-hydrogen) atoms. The molecule has 0 saturated carbocycles. The van der Waals surface area contributed by atoms with Crippen LogP contribution >= 0.6 is 0 Å². The normalized spacial score (nSPS) is 22.0. The van der Waals surface area contributed by atoms with Crippen LogP contribution in [0.3, 0.4) is 0 Å². The molecule has 1 fully saturated rings. The number of aromatic nitrogens is 1.